The molecule has 0 aliphatic carbocycles. The van der Waals surface area contributed by atoms with E-state index < -0.39 is 18.2 Å². The fourth-order valence-corrected chi connectivity index (χ4v) is 1.50. The van der Waals surface area contributed by atoms with Crippen LogP contribution >= 0.6 is 0 Å². The van der Waals surface area contributed by atoms with Crippen LogP contribution in [-0.4, -0.2) is 36.5 Å². The molecule has 18 heavy (non-hydrogen) atoms. The van der Waals surface area contributed by atoms with Crippen molar-refractivity contribution in [2.24, 2.45) is 0 Å². The third-order valence-corrected chi connectivity index (χ3v) is 2.57. The van der Waals surface area contributed by atoms with E-state index in [1.54, 1.807) is 12.1 Å². The van der Waals surface area contributed by atoms with Gasteiger partial charge in [0.1, 0.15) is 11.9 Å². The van der Waals surface area contributed by atoms with E-state index >= 15 is 0 Å². The first-order valence-electron chi connectivity index (χ1n) is 5.36. The molecule has 1 aromatic rings. The molecule has 2 unspecified atom stereocenters. The molecule has 1 aromatic carbocycles. The smallest absolute Gasteiger partial charge is 0.308 e. The van der Waals surface area contributed by atoms with Crippen molar-refractivity contribution in [1.29, 1.82) is 0 Å². The van der Waals surface area contributed by atoms with Crippen molar-refractivity contribution in [2.75, 3.05) is 20.0 Å². The van der Waals surface area contributed by atoms with Gasteiger partial charge in [0.05, 0.1) is 32.4 Å². The number of nitrogens with two attached hydrogens (primary N) is 1. The van der Waals surface area contributed by atoms with Crippen LogP contribution in [0.1, 0.15) is 18.1 Å². The number of ether oxygens (including phenoxy) is 2. The highest BCUT2D eigenvalue weighted by Gasteiger charge is 2.22. The van der Waals surface area contributed by atoms with E-state index in [-0.39, 0.29) is 6.42 Å². The van der Waals surface area contributed by atoms with Gasteiger partial charge in [0, 0.05) is 0 Å². The number of aliphatic hydroxyl groups excluding tert-OH is 2. The zero-order chi connectivity index (χ0) is 13.7. The molecule has 0 aromatic heterocycles. The molecule has 4 N–H and O–H groups in total. The number of nitrogen functional groups attached to an aromatic ring is 1. The first-order chi connectivity index (χ1) is 8.49. The summed E-state index contributed by atoms with van der Waals surface area (Å²) in [6.07, 6.45) is -2.74. The third kappa shape index (κ3) is 3.35. The lowest BCUT2D eigenvalue weighted by Gasteiger charge is -2.18. The number of carbonyl (C=O) groups excluding carboxylic acids is 1. The molecule has 1 rings (SSSR count). The molecule has 0 saturated heterocycles. The van der Waals surface area contributed by atoms with Crippen molar-refractivity contribution >= 4 is 11.7 Å². The number of hydrogen-bond acceptors (Lipinski definition) is 6. The van der Waals surface area contributed by atoms with Gasteiger partial charge in [-0.05, 0) is 17.7 Å². The van der Waals surface area contributed by atoms with Crippen LogP contribution in [0.2, 0.25) is 0 Å². The van der Waals surface area contributed by atoms with E-state index in [9.17, 15) is 15.0 Å². The Bertz CT molecular complexity index is 421. The second-order valence-corrected chi connectivity index (χ2v) is 3.79. The van der Waals surface area contributed by atoms with Gasteiger partial charge >= 0.3 is 5.97 Å². The fourth-order valence-electron chi connectivity index (χ4n) is 1.50. The maximum absolute atomic E-state index is 11.0. The van der Waals surface area contributed by atoms with Gasteiger partial charge in [-0.3, -0.25) is 4.79 Å². The summed E-state index contributed by atoms with van der Waals surface area (Å²) in [4.78, 5) is 11.0. The van der Waals surface area contributed by atoms with Gasteiger partial charge in [0.2, 0.25) is 0 Å². The summed E-state index contributed by atoms with van der Waals surface area (Å²) < 4.78 is 9.42. The van der Waals surface area contributed by atoms with Gasteiger partial charge in [-0.25, -0.2) is 0 Å². The zero-order valence-corrected chi connectivity index (χ0v) is 10.3. The Balaban J connectivity index is 2.83. The molecule has 0 aliphatic rings. The maximum Gasteiger partial charge on any atom is 0.308 e. The van der Waals surface area contributed by atoms with Crippen LogP contribution in [-0.2, 0) is 9.53 Å². The molecule has 0 aliphatic heterocycles. The average molecular weight is 255 g/mol. The predicted octanol–water partition coefficient (Wildman–Crippen LogP) is 0.235. The predicted molar refractivity (Wildman–Crippen MR) is 65.0 cm³/mol. The highest BCUT2D eigenvalue weighted by Crippen LogP contribution is 2.27. The summed E-state index contributed by atoms with van der Waals surface area (Å²) in [5.74, 6) is -0.194. The summed E-state index contributed by atoms with van der Waals surface area (Å²) >= 11 is 0. The molecule has 0 saturated carbocycles. The SMILES string of the molecule is COC(=O)CC(O)C(O)c1ccc(N)c(OC)c1. The molecule has 2 atom stereocenters. The fraction of sp³-hybridized carbons (Fsp3) is 0.417. The quantitative estimate of drug-likeness (QED) is 0.514. The monoisotopic (exact) mass is 255 g/mol. The number of esters is 1. The minimum atomic E-state index is -1.24. The Morgan fingerprint density at radius 3 is 2.61 bits per heavy atom. The zero-order valence-electron chi connectivity index (χ0n) is 10.3. The second-order valence-electron chi connectivity index (χ2n) is 3.79. The Hall–Kier alpha value is -1.79. The van der Waals surface area contributed by atoms with Crippen LogP contribution in [0.15, 0.2) is 18.2 Å². The van der Waals surface area contributed by atoms with Gasteiger partial charge in [0.15, 0.2) is 0 Å². The minimum absolute atomic E-state index is 0.287. The third-order valence-electron chi connectivity index (χ3n) is 2.57. The molecule has 0 radical (unpaired) electrons. The van der Waals surface area contributed by atoms with Crippen molar-refractivity contribution < 1.29 is 24.5 Å². The molecule has 0 fully saturated rings. The van der Waals surface area contributed by atoms with E-state index in [4.69, 9.17) is 10.5 Å². The van der Waals surface area contributed by atoms with Gasteiger partial charge < -0.3 is 25.4 Å². The molecule has 0 heterocycles. The average Bonchev–Trinajstić information content (AvgIpc) is 2.38. The number of aliphatic hydroxyl groups is 2. The van der Waals surface area contributed by atoms with Crippen LogP contribution in [0.25, 0.3) is 0 Å². The van der Waals surface area contributed by atoms with E-state index in [0.29, 0.717) is 17.0 Å². The normalized spacial score (nSPS) is 13.8. The lowest BCUT2D eigenvalue weighted by atomic mass is 10.0. The van der Waals surface area contributed by atoms with Gasteiger partial charge in [-0.2, -0.15) is 0 Å². The molecule has 0 amide bonds. The van der Waals surface area contributed by atoms with Crippen molar-refractivity contribution in [3.05, 3.63) is 23.8 Å². The van der Waals surface area contributed by atoms with Gasteiger partial charge in [0.25, 0.3) is 0 Å². The van der Waals surface area contributed by atoms with Crippen LogP contribution in [0.5, 0.6) is 5.75 Å². The summed E-state index contributed by atoms with van der Waals surface area (Å²) in [6.45, 7) is 0. The lowest BCUT2D eigenvalue weighted by Crippen LogP contribution is -2.22. The number of hydrogen-bond donors (Lipinski definition) is 3. The molecule has 6 heteroatoms. The number of rotatable bonds is 5. The molecule has 100 valence electrons. The molecule has 6 nitrogen and oxygen atoms in total. The summed E-state index contributed by atoms with van der Waals surface area (Å²) in [7, 11) is 2.67. The van der Waals surface area contributed by atoms with Crippen molar-refractivity contribution in [3.8, 4) is 5.75 Å². The Labute approximate surface area is 105 Å². The standard InChI is InChI=1S/C12H17NO5/c1-17-10-5-7(3-4-8(10)13)12(16)9(14)6-11(15)18-2/h3-5,9,12,14,16H,6,13H2,1-2H3. The number of anilines is 1. The van der Waals surface area contributed by atoms with Gasteiger partial charge in [-0.15, -0.1) is 0 Å². The lowest BCUT2D eigenvalue weighted by molar-refractivity contribution is -0.144. The molecule has 0 bridgehead atoms. The van der Waals surface area contributed by atoms with Gasteiger partial charge in [-0.1, -0.05) is 6.07 Å². The number of methoxy groups -OCH3 is 2. The van der Waals surface area contributed by atoms with E-state index in [1.807, 2.05) is 0 Å². The second kappa shape index (κ2) is 6.23. The topological polar surface area (TPSA) is 102 Å². The molecule has 0 spiro atoms. The summed E-state index contributed by atoms with van der Waals surface area (Å²) in [6, 6.07) is 4.63. The van der Waals surface area contributed by atoms with Crippen LogP contribution < -0.4 is 10.5 Å². The van der Waals surface area contributed by atoms with Crippen molar-refractivity contribution in [2.45, 2.75) is 18.6 Å². The van der Waals surface area contributed by atoms with E-state index in [2.05, 4.69) is 4.74 Å². The Morgan fingerprint density at radius 1 is 1.39 bits per heavy atom. The van der Waals surface area contributed by atoms with Crippen molar-refractivity contribution in [1.82, 2.24) is 0 Å². The van der Waals surface area contributed by atoms with E-state index in [1.165, 1.54) is 20.3 Å². The number of carbonyl (C=O) groups is 1. The molecular weight excluding hydrogens is 238 g/mol. The highest BCUT2D eigenvalue weighted by molar-refractivity contribution is 5.69. The summed E-state index contributed by atoms with van der Waals surface area (Å²) in [5.41, 5.74) is 6.48. The van der Waals surface area contributed by atoms with Crippen molar-refractivity contribution in [3.63, 3.8) is 0 Å². The Morgan fingerprint density at radius 2 is 2.06 bits per heavy atom. The van der Waals surface area contributed by atoms with Crippen LogP contribution in [0.3, 0.4) is 0 Å². The highest BCUT2D eigenvalue weighted by atomic mass is 16.5. The largest absolute Gasteiger partial charge is 0.495 e. The van der Waals surface area contributed by atoms with E-state index in [0.717, 1.165) is 0 Å². The minimum Gasteiger partial charge on any atom is -0.495 e. The Kier molecular flexibility index (Phi) is 4.94. The number of benzene rings is 1. The van der Waals surface area contributed by atoms with Crippen LogP contribution in [0, 0.1) is 0 Å². The summed E-state index contributed by atoms with van der Waals surface area (Å²) in [5, 5.41) is 19.6. The van der Waals surface area contributed by atoms with Crippen LogP contribution in [0.4, 0.5) is 5.69 Å². The first kappa shape index (κ1) is 14.3. The maximum atomic E-state index is 11.0. The first-order valence-corrected chi connectivity index (χ1v) is 5.36. The molecular formula is C12H17NO5.